The molecule has 1 saturated carbocycles. The molecule has 2 N–H and O–H groups in total. The zero-order valence-electron chi connectivity index (χ0n) is 14.1. The summed E-state index contributed by atoms with van der Waals surface area (Å²) in [5.41, 5.74) is 1.70. The molecule has 0 bridgehead atoms. The quantitative estimate of drug-likeness (QED) is 0.792. The SMILES string of the molecule is CCc1ccc(NC(=O)C2(C(=O)NCc3ccc(F)cc3)CC2)cc1. The van der Waals surface area contributed by atoms with Crippen molar-refractivity contribution in [3.63, 3.8) is 0 Å². The third kappa shape index (κ3) is 3.87. The first kappa shape index (κ1) is 17.1. The van der Waals surface area contributed by atoms with Gasteiger partial charge in [0, 0.05) is 12.2 Å². The molecule has 2 aromatic carbocycles. The van der Waals surface area contributed by atoms with Gasteiger partial charge in [0.25, 0.3) is 0 Å². The van der Waals surface area contributed by atoms with Crippen LogP contribution in [0.5, 0.6) is 0 Å². The Morgan fingerprint density at radius 2 is 1.56 bits per heavy atom. The van der Waals surface area contributed by atoms with Crippen LogP contribution in [-0.2, 0) is 22.6 Å². The molecular formula is C20H21FN2O2. The van der Waals surface area contributed by atoms with Gasteiger partial charge in [-0.2, -0.15) is 0 Å². The van der Waals surface area contributed by atoms with Gasteiger partial charge in [0.1, 0.15) is 11.2 Å². The lowest BCUT2D eigenvalue weighted by Crippen LogP contribution is -2.39. The zero-order chi connectivity index (χ0) is 17.9. The molecule has 2 amide bonds. The molecule has 0 aromatic heterocycles. The van der Waals surface area contributed by atoms with Gasteiger partial charge in [-0.25, -0.2) is 4.39 Å². The number of hydrogen-bond acceptors (Lipinski definition) is 2. The van der Waals surface area contributed by atoms with Crippen LogP contribution >= 0.6 is 0 Å². The first-order valence-corrected chi connectivity index (χ1v) is 8.46. The third-order valence-corrected chi connectivity index (χ3v) is 4.61. The van der Waals surface area contributed by atoms with Gasteiger partial charge in [-0.1, -0.05) is 31.2 Å². The molecule has 2 aromatic rings. The summed E-state index contributed by atoms with van der Waals surface area (Å²) >= 11 is 0. The van der Waals surface area contributed by atoms with E-state index in [9.17, 15) is 14.0 Å². The second-order valence-corrected chi connectivity index (χ2v) is 6.40. The summed E-state index contributed by atoms with van der Waals surface area (Å²) in [6.07, 6.45) is 2.02. The summed E-state index contributed by atoms with van der Waals surface area (Å²) in [6, 6.07) is 13.6. The van der Waals surface area contributed by atoms with Gasteiger partial charge >= 0.3 is 0 Å². The van der Waals surface area contributed by atoms with Gasteiger partial charge in [-0.05, 0) is 54.7 Å². The van der Waals surface area contributed by atoms with E-state index in [0.29, 0.717) is 18.5 Å². The van der Waals surface area contributed by atoms with Crippen LogP contribution in [0, 0.1) is 11.2 Å². The second-order valence-electron chi connectivity index (χ2n) is 6.40. The zero-order valence-corrected chi connectivity index (χ0v) is 14.1. The highest BCUT2D eigenvalue weighted by molar-refractivity contribution is 6.13. The van der Waals surface area contributed by atoms with Crippen molar-refractivity contribution in [3.05, 3.63) is 65.5 Å². The summed E-state index contributed by atoms with van der Waals surface area (Å²) in [4.78, 5) is 25.0. The van der Waals surface area contributed by atoms with Crippen LogP contribution in [0.3, 0.4) is 0 Å². The van der Waals surface area contributed by atoms with Gasteiger partial charge < -0.3 is 10.6 Å². The van der Waals surface area contributed by atoms with Crippen LogP contribution in [0.4, 0.5) is 10.1 Å². The minimum atomic E-state index is -0.983. The Kier molecular flexibility index (Phi) is 4.83. The van der Waals surface area contributed by atoms with E-state index in [1.165, 1.54) is 17.7 Å². The molecule has 4 nitrogen and oxygen atoms in total. The Morgan fingerprint density at radius 3 is 2.12 bits per heavy atom. The minimum Gasteiger partial charge on any atom is -0.351 e. The van der Waals surface area contributed by atoms with Crippen molar-refractivity contribution in [1.29, 1.82) is 0 Å². The van der Waals surface area contributed by atoms with Crippen LogP contribution in [0.15, 0.2) is 48.5 Å². The summed E-state index contributed by atoms with van der Waals surface area (Å²) in [6.45, 7) is 2.34. The highest BCUT2D eigenvalue weighted by Gasteiger charge is 2.56. The Morgan fingerprint density at radius 1 is 0.960 bits per heavy atom. The number of anilines is 1. The highest BCUT2D eigenvalue weighted by Crippen LogP contribution is 2.46. The monoisotopic (exact) mass is 340 g/mol. The topological polar surface area (TPSA) is 58.2 Å². The van der Waals surface area contributed by atoms with E-state index in [2.05, 4.69) is 17.6 Å². The number of rotatable bonds is 6. The molecule has 0 radical (unpaired) electrons. The van der Waals surface area contributed by atoms with Gasteiger partial charge in [0.05, 0.1) is 0 Å². The number of halogens is 1. The van der Waals surface area contributed by atoms with E-state index < -0.39 is 5.41 Å². The lowest BCUT2D eigenvalue weighted by molar-refractivity contribution is -0.134. The summed E-state index contributed by atoms with van der Waals surface area (Å²) in [5, 5.41) is 5.62. The van der Waals surface area contributed by atoms with E-state index in [-0.39, 0.29) is 24.2 Å². The minimum absolute atomic E-state index is 0.270. The molecule has 1 fully saturated rings. The third-order valence-electron chi connectivity index (χ3n) is 4.61. The smallest absolute Gasteiger partial charge is 0.240 e. The van der Waals surface area contributed by atoms with Crippen LogP contribution in [0.1, 0.15) is 30.9 Å². The maximum atomic E-state index is 12.9. The first-order chi connectivity index (χ1) is 12.0. The first-order valence-electron chi connectivity index (χ1n) is 8.46. The Bertz CT molecular complexity index is 765. The maximum absolute atomic E-state index is 12.9. The van der Waals surface area contributed by atoms with Crippen molar-refractivity contribution < 1.29 is 14.0 Å². The van der Waals surface area contributed by atoms with Gasteiger partial charge in [-0.3, -0.25) is 9.59 Å². The normalized spacial score (nSPS) is 14.6. The summed E-state index contributed by atoms with van der Waals surface area (Å²) in [5.74, 6) is -0.866. The van der Waals surface area contributed by atoms with Crippen molar-refractivity contribution in [2.24, 2.45) is 5.41 Å². The fourth-order valence-electron chi connectivity index (χ4n) is 2.71. The van der Waals surface area contributed by atoms with Crippen molar-refractivity contribution >= 4 is 17.5 Å². The molecule has 5 heteroatoms. The van der Waals surface area contributed by atoms with Crippen LogP contribution in [-0.4, -0.2) is 11.8 Å². The largest absolute Gasteiger partial charge is 0.351 e. The fraction of sp³-hybridized carbons (Fsp3) is 0.300. The van der Waals surface area contributed by atoms with Gasteiger partial charge in [0.15, 0.2) is 0 Å². The van der Waals surface area contributed by atoms with E-state index in [4.69, 9.17) is 0 Å². The molecule has 1 aliphatic rings. The number of benzene rings is 2. The lowest BCUT2D eigenvalue weighted by atomic mass is 10.0. The lowest BCUT2D eigenvalue weighted by Gasteiger charge is -2.15. The molecule has 0 saturated heterocycles. The van der Waals surface area contributed by atoms with Crippen LogP contribution < -0.4 is 10.6 Å². The molecule has 3 rings (SSSR count). The number of hydrogen-bond donors (Lipinski definition) is 2. The average Bonchev–Trinajstić information content (AvgIpc) is 3.44. The van der Waals surface area contributed by atoms with E-state index in [0.717, 1.165) is 12.0 Å². The molecule has 0 heterocycles. The fourth-order valence-corrected chi connectivity index (χ4v) is 2.71. The van der Waals surface area contributed by atoms with Gasteiger partial charge in [-0.15, -0.1) is 0 Å². The van der Waals surface area contributed by atoms with Crippen molar-refractivity contribution in [2.75, 3.05) is 5.32 Å². The number of aryl methyl sites for hydroxylation is 1. The van der Waals surface area contributed by atoms with Crippen molar-refractivity contribution in [3.8, 4) is 0 Å². The standard InChI is InChI=1S/C20H21FN2O2/c1-2-14-5-9-17(10-6-14)23-19(25)20(11-12-20)18(24)22-13-15-3-7-16(21)8-4-15/h3-10H,2,11-13H2,1H3,(H,22,24)(H,23,25). The number of nitrogens with one attached hydrogen (secondary N) is 2. The molecule has 0 spiro atoms. The van der Waals surface area contributed by atoms with Crippen molar-refractivity contribution in [1.82, 2.24) is 5.32 Å². The van der Waals surface area contributed by atoms with Gasteiger partial charge in [0.2, 0.25) is 11.8 Å². The molecule has 130 valence electrons. The predicted molar refractivity (Wildman–Crippen MR) is 94.4 cm³/mol. The Balaban J connectivity index is 1.59. The molecular weight excluding hydrogens is 319 g/mol. The van der Waals surface area contributed by atoms with E-state index in [1.54, 1.807) is 12.1 Å². The number of carbonyl (C=O) groups excluding carboxylic acids is 2. The summed E-state index contributed by atoms with van der Waals surface area (Å²) in [7, 11) is 0. The second kappa shape index (κ2) is 7.05. The predicted octanol–water partition coefficient (Wildman–Crippen LogP) is 3.42. The number of amides is 2. The maximum Gasteiger partial charge on any atom is 0.240 e. The van der Waals surface area contributed by atoms with Crippen molar-refractivity contribution in [2.45, 2.75) is 32.7 Å². The summed E-state index contributed by atoms with van der Waals surface area (Å²) < 4.78 is 12.9. The Hall–Kier alpha value is -2.69. The Labute approximate surface area is 146 Å². The molecule has 25 heavy (non-hydrogen) atoms. The molecule has 0 atom stereocenters. The van der Waals surface area contributed by atoms with E-state index >= 15 is 0 Å². The average molecular weight is 340 g/mol. The molecule has 1 aliphatic carbocycles. The molecule has 0 unspecified atom stereocenters. The van der Waals surface area contributed by atoms with E-state index in [1.807, 2.05) is 24.3 Å². The molecule has 0 aliphatic heterocycles. The highest BCUT2D eigenvalue weighted by atomic mass is 19.1. The number of carbonyl (C=O) groups is 2. The van der Waals surface area contributed by atoms with Crippen LogP contribution in [0.25, 0.3) is 0 Å². The van der Waals surface area contributed by atoms with Crippen LogP contribution in [0.2, 0.25) is 0 Å².